The molecule has 2 atom stereocenters. The van der Waals surface area contributed by atoms with Crippen molar-refractivity contribution >= 4 is 12.3 Å². The van der Waals surface area contributed by atoms with Gasteiger partial charge in [-0.05, 0) is 12.3 Å². The molecule has 0 radical (unpaired) electrons. The largest absolute Gasteiger partial charge is 1.00 e. The second-order valence-electron chi connectivity index (χ2n) is 4.92. The first-order valence-corrected chi connectivity index (χ1v) is 5.27. The Balaban J connectivity index is 0. The molecule has 0 heterocycles. The second-order valence-corrected chi connectivity index (χ2v) is 4.92. The van der Waals surface area contributed by atoms with Gasteiger partial charge in [0, 0.05) is 7.05 Å². The van der Waals surface area contributed by atoms with Crippen LogP contribution in [0.3, 0.4) is 0 Å². The van der Waals surface area contributed by atoms with E-state index in [0.29, 0.717) is 6.61 Å². The standard InChI is InChI=1S/C11H21N2O3.K/c1-8(16-6-11(2,3)4)9(13-7-14)10(15)12-5;/h8-9H,6H2,1-5H3,(H,12,15)(H,13,14);/q-1;+1. The molecular formula is C11H21KN2O3. The number of nitrogens with one attached hydrogen (secondary N) is 2. The zero-order chi connectivity index (χ0) is 12.8. The molecule has 0 saturated heterocycles. The average Bonchev–Trinajstić information content (AvgIpc) is 2.20. The second kappa shape index (κ2) is 9.46. The quantitative estimate of drug-likeness (QED) is 0.311. The number of hydrogen-bond donors (Lipinski definition) is 2. The normalized spacial score (nSPS) is 14.2. The summed E-state index contributed by atoms with van der Waals surface area (Å²) in [5, 5.41) is 4.79. The van der Waals surface area contributed by atoms with E-state index in [1.54, 1.807) is 6.92 Å². The topological polar surface area (TPSA) is 67.4 Å². The minimum atomic E-state index is -0.704. The maximum absolute atomic E-state index is 11.4. The molecular weight excluding hydrogens is 247 g/mol. The average molecular weight is 268 g/mol. The Labute approximate surface area is 146 Å². The van der Waals surface area contributed by atoms with Crippen molar-refractivity contribution in [1.82, 2.24) is 10.6 Å². The van der Waals surface area contributed by atoms with E-state index in [4.69, 9.17) is 4.74 Å². The summed E-state index contributed by atoms with van der Waals surface area (Å²) in [6.07, 6.45) is 1.13. The number of likely N-dealkylation sites (N-methyl/N-ethyl adjacent to an activating group) is 1. The van der Waals surface area contributed by atoms with E-state index >= 15 is 0 Å². The van der Waals surface area contributed by atoms with Gasteiger partial charge in [0.15, 0.2) is 0 Å². The zero-order valence-corrected chi connectivity index (χ0v) is 14.7. The molecule has 0 aromatic rings. The molecule has 6 heteroatoms. The van der Waals surface area contributed by atoms with Gasteiger partial charge in [-0.3, -0.25) is 4.79 Å². The first-order valence-electron chi connectivity index (χ1n) is 5.27. The molecule has 0 aromatic carbocycles. The first kappa shape index (κ1) is 19.9. The van der Waals surface area contributed by atoms with Gasteiger partial charge in [-0.15, -0.1) is 0 Å². The van der Waals surface area contributed by atoms with Crippen molar-refractivity contribution in [1.29, 1.82) is 0 Å². The molecule has 0 saturated carbocycles. The van der Waals surface area contributed by atoms with Gasteiger partial charge in [0.25, 0.3) is 0 Å². The molecule has 2 N–H and O–H groups in total. The van der Waals surface area contributed by atoms with Crippen LogP contribution in [0, 0.1) is 5.41 Å². The zero-order valence-electron chi connectivity index (χ0n) is 11.6. The van der Waals surface area contributed by atoms with Crippen LogP contribution in [0.4, 0.5) is 0 Å². The molecule has 0 fully saturated rings. The molecule has 0 aliphatic heterocycles. The van der Waals surface area contributed by atoms with Crippen LogP contribution >= 0.6 is 0 Å². The smallest absolute Gasteiger partial charge is 0.520 e. The van der Waals surface area contributed by atoms with E-state index in [9.17, 15) is 9.59 Å². The third-order valence-corrected chi connectivity index (χ3v) is 1.99. The van der Waals surface area contributed by atoms with Crippen molar-refractivity contribution < 1.29 is 65.7 Å². The van der Waals surface area contributed by atoms with Crippen molar-refractivity contribution in [3.63, 3.8) is 0 Å². The van der Waals surface area contributed by atoms with E-state index in [2.05, 4.69) is 10.6 Å². The molecule has 94 valence electrons. The Morgan fingerprint density at radius 2 is 1.94 bits per heavy atom. The fourth-order valence-electron chi connectivity index (χ4n) is 1.09. The fraction of sp³-hybridized carbons (Fsp3) is 0.818. The predicted molar refractivity (Wildman–Crippen MR) is 61.6 cm³/mol. The van der Waals surface area contributed by atoms with Crippen molar-refractivity contribution in [3.8, 4) is 0 Å². The monoisotopic (exact) mass is 268 g/mol. The van der Waals surface area contributed by atoms with Gasteiger partial charge in [-0.25, -0.2) is 0 Å². The third kappa shape index (κ3) is 9.16. The Hall–Kier alpha value is 0.536. The number of ether oxygens (including phenoxy) is 1. The molecule has 2 amide bonds. The molecule has 17 heavy (non-hydrogen) atoms. The first-order chi connectivity index (χ1) is 7.31. The molecule has 0 rings (SSSR count). The number of carbonyl (C=O) groups excluding carboxylic acids is 2. The van der Waals surface area contributed by atoms with Gasteiger partial charge < -0.3 is 20.2 Å². The third-order valence-electron chi connectivity index (χ3n) is 1.99. The summed E-state index contributed by atoms with van der Waals surface area (Å²) >= 11 is 0. The number of amides is 2. The Bertz CT molecular complexity index is 241. The van der Waals surface area contributed by atoms with Crippen molar-refractivity contribution in [2.24, 2.45) is 5.41 Å². The molecule has 0 aromatic heterocycles. The van der Waals surface area contributed by atoms with Crippen molar-refractivity contribution in [2.75, 3.05) is 13.7 Å². The van der Waals surface area contributed by atoms with Crippen LogP contribution in [-0.2, 0) is 14.3 Å². The van der Waals surface area contributed by atoms with Gasteiger partial charge in [0.05, 0.1) is 12.7 Å². The summed E-state index contributed by atoms with van der Waals surface area (Å²) in [4.78, 5) is 21.7. The van der Waals surface area contributed by atoms with Gasteiger partial charge >= 0.3 is 51.4 Å². The van der Waals surface area contributed by atoms with Crippen LogP contribution in [0.2, 0.25) is 0 Å². The molecule has 0 spiro atoms. The summed E-state index contributed by atoms with van der Waals surface area (Å²) in [5.41, 5.74) is 0.0202. The van der Waals surface area contributed by atoms with E-state index in [1.807, 2.05) is 20.8 Å². The van der Waals surface area contributed by atoms with Crippen LogP contribution in [0.5, 0.6) is 0 Å². The summed E-state index contributed by atoms with van der Waals surface area (Å²) in [6.45, 7) is 8.37. The number of rotatable bonds is 6. The minimum Gasteiger partial charge on any atom is -0.520 e. The van der Waals surface area contributed by atoms with E-state index < -0.39 is 6.04 Å². The number of hydrogen-bond acceptors (Lipinski definition) is 3. The Morgan fingerprint density at radius 1 is 1.41 bits per heavy atom. The molecule has 0 aliphatic rings. The molecule has 0 aliphatic carbocycles. The predicted octanol–water partition coefficient (Wildman–Crippen LogP) is -2.79. The van der Waals surface area contributed by atoms with Crippen molar-refractivity contribution in [3.05, 3.63) is 0 Å². The molecule has 5 nitrogen and oxygen atoms in total. The SMILES string of the molecule is CNC(=O)C(N[C-]=O)C(C)OCC(C)(C)C.[K+]. The maximum Gasteiger partial charge on any atom is 1.00 e. The van der Waals surface area contributed by atoms with Crippen LogP contribution in [0.1, 0.15) is 27.7 Å². The van der Waals surface area contributed by atoms with Crippen LogP contribution in [-0.4, -0.2) is 38.1 Å². The van der Waals surface area contributed by atoms with Gasteiger partial charge in [0.1, 0.15) is 6.04 Å². The van der Waals surface area contributed by atoms with Gasteiger partial charge in [0.2, 0.25) is 5.91 Å². The van der Waals surface area contributed by atoms with Crippen LogP contribution in [0.25, 0.3) is 0 Å². The van der Waals surface area contributed by atoms with Crippen LogP contribution < -0.4 is 62.0 Å². The Kier molecular flexibility index (Phi) is 11.1. The Morgan fingerprint density at radius 3 is 2.29 bits per heavy atom. The van der Waals surface area contributed by atoms with Gasteiger partial charge in [-0.2, -0.15) is 6.41 Å². The molecule has 0 bridgehead atoms. The van der Waals surface area contributed by atoms with Crippen LogP contribution in [0.15, 0.2) is 0 Å². The van der Waals surface area contributed by atoms with Gasteiger partial charge in [-0.1, -0.05) is 20.8 Å². The van der Waals surface area contributed by atoms with E-state index in [0.717, 1.165) is 0 Å². The minimum absolute atomic E-state index is 0. The van der Waals surface area contributed by atoms with Crippen molar-refractivity contribution in [2.45, 2.75) is 39.8 Å². The maximum atomic E-state index is 11.4. The summed E-state index contributed by atoms with van der Waals surface area (Å²) in [6, 6.07) is -0.704. The van der Waals surface area contributed by atoms with E-state index in [-0.39, 0.29) is 68.8 Å². The number of carbonyl (C=O) groups is 1. The fourth-order valence-corrected chi connectivity index (χ4v) is 1.09. The summed E-state index contributed by atoms with van der Waals surface area (Å²) < 4.78 is 5.54. The van der Waals surface area contributed by atoms with E-state index in [1.165, 1.54) is 13.5 Å². The molecule has 2 unspecified atom stereocenters. The summed E-state index contributed by atoms with van der Waals surface area (Å²) in [7, 11) is 1.51. The summed E-state index contributed by atoms with van der Waals surface area (Å²) in [5.74, 6) is -0.287.